The zero-order valence-electron chi connectivity index (χ0n) is 18.8. The number of aryl methyl sites for hydroxylation is 1. The predicted molar refractivity (Wildman–Crippen MR) is 134 cm³/mol. The van der Waals surface area contributed by atoms with E-state index in [0.29, 0.717) is 19.0 Å². The lowest BCUT2D eigenvalue weighted by molar-refractivity contribution is 0.122. The van der Waals surface area contributed by atoms with Gasteiger partial charge in [-0.3, -0.25) is 5.43 Å². The first-order chi connectivity index (χ1) is 16.7. The number of benzene rings is 2. The Morgan fingerprint density at radius 1 is 1.00 bits per heavy atom. The highest BCUT2D eigenvalue weighted by molar-refractivity contribution is 5.97. The third kappa shape index (κ3) is 3.88. The highest BCUT2D eigenvalue weighted by Gasteiger charge is 2.18. The van der Waals surface area contributed by atoms with Crippen molar-refractivity contribution in [3.05, 3.63) is 78.1 Å². The maximum Gasteiger partial charge on any atom is 0.160 e. The van der Waals surface area contributed by atoms with Crippen molar-refractivity contribution in [1.29, 1.82) is 0 Å². The van der Waals surface area contributed by atoms with Gasteiger partial charge in [0, 0.05) is 41.7 Å². The molecule has 0 atom stereocenters. The van der Waals surface area contributed by atoms with Gasteiger partial charge < -0.3 is 14.1 Å². The largest absolute Gasteiger partial charge is 0.461 e. The van der Waals surface area contributed by atoms with Crippen LogP contribution in [0.15, 0.2) is 76.2 Å². The van der Waals surface area contributed by atoms with Crippen molar-refractivity contribution in [2.45, 2.75) is 6.92 Å². The van der Waals surface area contributed by atoms with Crippen LogP contribution in [0.2, 0.25) is 0 Å². The molecule has 5 aromatic rings. The van der Waals surface area contributed by atoms with Crippen LogP contribution in [0.1, 0.15) is 11.3 Å². The number of nitrogens with one attached hydrogen (secondary N) is 1. The number of hydrogen-bond acceptors (Lipinski definition) is 7. The van der Waals surface area contributed by atoms with Gasteiger partial charge in [0.05, 0.1) is 25.1 Å². The van der Waals surface area contributed by atoms with Crippen LogP contribution in [-0.4, -0.2) is 47.1 Å². The summed E-state index contributed by atoms with van der Waals surface area (Å²) in [5, 5.41) is 10.4. The number of aromatic nitrogens is 3. The van der Waals surface area contributed by atoms with Crippen LogP contribution in [0.3, 0.4) is 0 Å². The van der Waals surface area contributed by atoms with Gasteiger partial charge in [-0.15, -0.1) is 0 Å². The molecule has 1 N–H and O–H groups in total. The molecule has 1 aliphatic rings. The lowest BCUT2D eigenvalue weighted by Crippen LogP contribution is -2.37. The van der Waals surface area contributed by atoms with Gasteiger partial charge in [0.25, 0.3) is 0 Å². The van der Waals surface area contributed by atoms with Crippen molar-refractivity contribution in [3.63, 3.8) is 0 Å². The minimum Gasteiger partial charge on any atom is -0.461 e. The molecule has 0 spiro atoms. The second-order valence-electron chi connectivity index (χ2n) is 8.26. The predicted octanol–water partition coefficient (Wildman–Crippen LogP) is 4.73. The molecule has 8 heteroatoms. The molecule has 8 nitrogen and oxygen atoms in total. The summed E-state index contributed by atoms with van der Waals surface area (Å²) in [6, 6.07) is 22.1. The van der Waals surface area contributed by atoms with Gasteiger partial charge in [-0.1, -0.05) is 42.5 Å². The molecule has 0 aliphatic carbocycles. The maximum atomic E-state index is 5.84. The van der Waals surface area contributed by atoms with Crippen LogP contribution in [0.4, 0.5) is 11.6 Å². The summed E-state index contributed by atoms with van der Waals surface area (Å²) in [5.74, 6) is 2.48. The fraction of sp³-hybridized carbons (Fsp3) is 0.192. The summed E-state index contributed by atoms with van der Waals surface area (Å²) < 4.78 is 13.3. The monoisotopic (exact) mass is 452 g/mol. The lowest BCUT2D eigenvalue weighted by atomic mass is 10.2. The molecule has 1 fully saturated rings. The normalized spacial score (nSPS) is 14.4. The van der Waals surface area contributed by atoms with E-state index in [-0.39, 0.29) is 0 Å². The molecule has 0 saturated carbocycles. The number of ether oxygens (including phenoxy) is 1. The Kier molecular flexibility index (Phi) is 5.20. The molecule has 0 radical (unpaired) electrons. The minimum atomic E-state index is 0.646. The van der Waals surface area contributed by atoms with E-state index in [9.17, 15) is 0 Å². The molecule has 0 unspecified atom stereocenters. The summed E-state index contributed by atoms with van der Waals surface area (Å²) in [4.78, 5) is 7.03. The second kappa shape index (κ2) is 8.64. The highest BCUT2D eigenvalue weighted by Crippen LogP contribution is 2.26. The molecule has 0 amide bonds. The first-order valence-electron chi connectivity index (χ1n) is 11.3. The molecule has 6 rings (SSSR count). The Hall–Kier alpha value is -4.17. The number of morpholine rings is 1. The number of hydrazone groups is 1. The molecule has 2 aromatic carbocycles. The third-order valence-corrected chi connectivity index (χ3v) is 5.89. The number of fused-ring (bicyclic) bond motifs is 2. The molecule has 34 heavy (non-hydrogen) atoms. The quantitative estimate of drug-likeness (QED) is 0.307. The minimum absolute atomic E-state index is 0.646. The van der Waals surface area contributed by atoms with Crippen molar-refractivity contribution in [2.24, 2.45) is 5.10 Å². The Labute approximate surface area is 196 Å². The topological polar surface area (TPSA) is 80.2 Å². The Balaban J connectivity index is 1.36. The molecule has 0 bridgehead atoms. The van der Waals surface area contributed by atoms with Gasteiger partial charge in [-0.05, 0) is 19.1 Å². The summed E-state index contributed by atoms with van der Waals surface area (Å²) in [5.41, 5.74) is 7.52. The van der Waals surface area contributed by atoms with Crippen molar-refractivity contribution in [1.82, 2.24) is 14.6 Å². The van der Waals surface area contributed by atoms with Crippen molar-refractivity contribution in [3.8, 4) is 11.3 Å². The summed E-state index contributed by atoms with van der Waals surface area (Å²) in [6.07, 6.45) is 1.76. The Morgan fingerprint density at radius 2 is 1.85 bits per heavy atom. The number of rotatable bonds is 5. The van der Waals surface area contributed by atoms with Gasteiger partial charge in [-0.2, -0.15) is 14.7 Å². The van der Waals surface area contributed by atoms with Gasteiger partial charge in [0.15, 0.2) is 11.5 Å². The number of anilines is 2. The van der Waals surface area contributed by atoms with Crippen LogP contribution >= 0.6 is 0 Å². The first kappa shape index (κ1) is 20.4. The molecular weight excluding hydrogens is 428 g/mol. The van der Waals surface area contributed by atoms with Crippen LogP contribution in [-0.2, 0) is 4.74 Å². The molecule has 1 aliphatic heterocycles. The van der Waals surface area contributed by atoms with E-state index in [1.165, 1.54) is 0 Å². The van der Waals surface area contributed by atoms with Gasteiger partial charge in [0.1, 0.15) is 17.2 Å². The van der Waals surface area contributed by atoms with E-state index >= 15 is 0 Å². The standard InChI is InChI=1S/C26H24N6O2/c1-18-14-20-8-5-9-21(26(20)34-18)17-27-29-23-16-25(31-10-12-33-13-11-31)32-24(28-23)15-22(30-32)19-6-3-2-4-7-19/h2-9,14-17H,10-13H2,1H3,(H,28,29). The van der Waals surface area contributed by atoms with Crippen molar-refractivity contribution >= 4 is 34.5 Å². The number of furan rings is 1. The van der Waals surface area contributed by atoms with Gasteiger partial charge in [0.2, 0.25) is 0 Å². The maximum absolute atomic E-state index is 5.84. The van der Waals surface area contributed by atoms with Crippen LogP contribution in [0.5, 0.6) is 0 Å². The molecule has 1 saturated heterocycles. The summed E-state index contributed by atoms with van der Waals surface area (Å²) >= 11 is 0. The molecular formula is C26H24N6O2. The fourth-order valence-electron chi connectivity index (χ4n) is 4.27. The highest BCUT2D eigenvalue weighted by atomic mass is 16.5. The number of nitrogens with zero attached hydrogens (tertiary/aromatic N) is 5. The Bertz CT molecular complexity index is 1480. The van der Waals surface area contributed by atoms with Crippen LogP contribution < -0.4 is 10.3 Å². The lowest BCUT2D eigenvalue weighted by Gasteiger charge is -2.29. The zero-order valence-corrected chi connectivity index (χ0v) is 18.8. The van der Waals surface area contributed by atoms with Gasteiger partial charge >= 0.3 is 0 Å². The first-order valence-corrected chi connectivity index (χ1v) is 11.3. The average molecular weight is 453 g/mol. The van der Waals surface area contributed by atoms with E-state index in [2.05, 4.69) is 27.6 Å². The number of para-hydroxylation sites is 1. The SMILES string of the molecule is Cc1cc2cccc(C=NNc3cc(N4CCOCC4)n4nc(-c5ccccc5)cc4n3)c2o1. The summed E-state index contributed by atoms with van der Waals surface area (Å²) in [7, 11) is 0. The van der Waals surface area contributed by atoms with E-state index in [1.807, 2.05) is 66.0 Å². The Morgan fingerprint density at radius 3 is 2.71 bits per heavy atom. The average Bonchev–Trinajstić information content (AvgIpc) is 3.48. The number of hydrogen-bond donors (Lipinski definition) is 1. The smallest absolute Gasteiger partial charge is 0.160 e. The van der Waals surface area contributed by atoms with E-state index in [4.69, 9.17) is 19.2 Å². The van der Waals surface area contributed by atoms with Crippen molar-refractivity contribution in [2.75, 3.05) is 36.6 Å². The fourth-order valence-corrected chi connectivity index (χ4v) is 4.27. The van der Waals surface area contributed by atoms with E-state index in [1.54, 1.807) is 6.21 Å². The van der Waals surface area contributed by atoms with E-state index in [0.717, 1.165) is 58.1 Å². The van der Waals surface area contributed by atoms with E-state index < -0.39 is 0 Å². The molecule has 4 heterocycles. The van der Waals surface area contributed by atoms with Crippen LogP contribution in [0.25, 0.3) is 27.9 Å². The third-order valence-electron chi connectivity index (χ3n) is 5.89. The van der Waals surface area contributed by atoms with Crippen molar-refractivity contribution < 1.29 is 9.15 Å². The van der Waals surface area contributed by atoms with Gasteiger partial charge in [-0.25, -0.2) is 4.98 Å². The zero-order chi connectivity index (χ0) is 22.9. The molecule has 170 valence electrons. The molecule has 3 aromatic heterocycles. The van der Waals surface area contributed by atoms with Crippen LogP contribution in [0, 0.1) is 6.92 Å². The second-order valence-corrected chi connectivity index (χ2v) is 8.26. The summed E-state index contributed by atoms with van der Waals surface area (Å²) in [6.45, 7) is 4.90.